The summed E-state index contributed by atoms with van der Waals surface area (Å²) < 4.78 is 0.368. The molecule has 3 rings (SSSR count). The van der Waals surface area contributed by atoms with Crippen LogP contribution in [0.1, 0.15) is 26.3 Å². The van der Waals surface area contributed by atoms with Crippen molar-refractivity contribution in [2.24, 2.45) is 5.92 Å². The van der Waals surface area contributed by atoms with Gasteiger partial charge >= 0.3 is 0 Å². The topological polar surface area (TPSA) is 0 Å². The summed E-state index contributed by atoms with van der Waals surface area (Å²) >= 11 is 2.06. The second kappa shape index (κ2) is 3.78. The molecule has 0 N–H and O–H groups in total. The Kier molecular flexibility index (Phi) is 2.48. The first kappa shape index (κ1) is 11.2. The largest absolute Gasteiger partial charge is 0.119 e. The molecule has 1 aliphatic rings. The van der Waals surface area contributed by atoms with E-state index in [1.54, 1.807) is 5.56 Å². The van der Waals surface area contributed by atoms with E-state index in [1.807, 2.05) is 0 Å². The van der Waals surface area contributed by atoms with Gasteiger partial charge in [-0.2, -0.15) is 0 Å². The van der Waals surface area contributed by atoms with Gasteiger partial charge in [-0.25, -0.2) is 0 Å². The minimum atomic E-state index is 0.368. The van der Waals surface area contributed by atoms with E-state index >= 15 is 0 Å². The molecule has 88 valence electrons. The molecule has 0 saturated heterocycles. The lowest BCUT2D eigenvalue weighted by atomic mass is 9.88. The first-order chi connectivity index (χ1) is 8.10. The van der Waals surface area contributed by atoms with Crippen molar-refractivity contribution in [3.05, 3.63) is 42.0 Å². The van der Waals surface area contributed by atoms with Crippen molar-refractivity contribution in [1.82, 2.24) is 0 Å². The lowest BCUT2D eigenvalue weighted by molar-refractivity contribution is 0.473. The van der Waals surface area contributed by atoms with Crippen molar-refractivity contribution < 1.29 is 0 Å². The number of benzene rings is 2. The SMILES string of the molecule is CC(C)C1(C)Cc2c(ccc3ccccc23)S1. The van der Waals surface area contributed by atoms with Crippen LogP contribution in [0.2, 0.25) is 0 Å². The van der Waals surface area contributed by atoms with Gasteiger partial charge in [0.05, 0.1) is 0 Å². The van der Waals surface area contributed by atoms with Gasteiger partial charge in [-0.15, -0.1) is 11.8 Å². The van der Waals surface area contributed by atoms with Crippen LogP contribution >= 0.6 is 11.8 Å². The maximum Gasteiger partial charge on any atom is 0.0242 e. The van der Waals surface area contributed by atoms with Crippen LogP contribution < -0.4 is 0 Å². The molecule has 17 heavy (non-hydrogen) atoms. The second-order valence-electron chi connectivity index (χ2n) is 5.51. The van der Waals surface area contributed by atoms with E-state index in [2.05, 4.69) is 68.9 Å². The summed E-state index contributed by atoms with van der Waals surface area (Å²) in [5.41, 5.74) is 1.56. The van der Waals surface area contributed by atoms with E-state index < -0.39 is 0 Å². The molecule has 0 radical (unpaired) electrons. The third kappa shape index (κ3) is 1.68. The summed E-state index contributed by atoms with van der Waals surface area (Å²) in [4.78, 5) is 1.49. The van der Waals surface area contributed by atoms with Gasteiger partial charge in [-0.3, -0.25) is 0 Å². The Morgan fingerprint density at radius 2 is 1.88 bits per heavy atom. The van der Waals surface area contributed by atoms with Crippen molar-refractivity contribution in [3.63, 3.8) is 0 Å². The summed E-state index contributed by atoms with van der Waals surface area (Å²) in [5.74, 6) is 0.707. The average molecular weight is 242 g/mol. The summed E-state index contributed by atoms with van der Waals surface area (Å²) in [6, 6.07) is 13.3. The van der Waals surface area contributed by atoms with Crippen molar-refractivity contribution in [2.75, 3.05) is 0 Å². The zero-order valence-electron chi connectivity index (χ0n) is 10.7. The smallest absolute Gasteiger partial charge is 0.0242 e. The van der Waals surface area contributed by atoms with Crippen molar-refractivity contribution in [2.45, 2.75) is 36.8 Å². The lowest BCUT2D eigenvalue weighted by Gasteiger charge is -2.27. The predicted octanol–water partition coefficient (Wildman–Crippen LogP) is 4.90. The normalized spacial score (nSPS) is 23.3. The van der Waals surface area contributed by atoms with Crippen LogP contribution in [0.15, 0.2) is 41.3 Å². The van der Waals surface area contributed by atoms with E-state index in [0.29, 0.717) is 10.7 Å². The predicted molar refractivity (Wildman–Crippen MR) is 76.8 cm³/mol. The zero-order valence-corrected chi connectivity index (χ0v) is 11.5. The molecule has 1 unspecified atom stereocenters. The lowest BCUT2D eigenvalue weighted by Crippen LogP contribution is -2.26. The van der Waals surface area contributed by atoms with Gasteiger partial charge in [0, 0.05) is 9.64 Å². The van der Waals surface area contributed by atoms with Crippen LogP contribution in [0.3, 0.4) is 0 Å². The molecule has 0 amide bonds. The van der Waals surface area contributed by atoms with Crippen LogP contribution in [0.5, 0.6) is 0 Å². The Balaban J connectivity index is 2.17. The highest BCUT2D eigenvalue weighted by molar-refractivity contribution is 8.01. The molecule has 0 fully saturated rings. The maximum atomic E-state index is 2.40. The molecule has 1 aliphatic heterocycles. The van der Waals surface area contributed by atoms with Gasteiger partial charge in [0.1, 0.15) is 0 Å². The summed E-state index contributed by atoms with van der Waals surface area (Å²) in [6.07, 6.45) is 1.20. The molecular weight excluding hydrogens is 224 g/mol. The molecule has 0 saturated carbocycles. The van der Waals surface area contributed by atoms with E-state index in [-0.39, 0.29) is 0 Å². The van der Waals surface area contributed by atoms with Gasteiger partial charge < -0.3 is 0 Å². The van der Waals surface area contributed by atoms with Crippen LogP contribution in [0, 0.1) is 5.92 Å². The van der Waals surface area contributed by atoms with Crippen molar-refractivity contribution in [1.29, 1.82) is 0 Å². The quantitative estimate of drug-likeness (QED) is 0.685. The first-order valence-corrected chi connectivity index (χ1v) is 7.11. The highest BCUT2D eigenvalue weighted by Crippen LogP contribution is 2.50. The summed E-state index contributed by atoms with van der Waals surface area (Å²) in [6.45, 7) is 7.07. The number of hydrogen-bond donors (Lipinski definition) is 0. The molecule has 0 aliphatic carbocycles. The number of thioether (sulfide) groups is 1. The third-order valence-corrected chi connectivity index (χ3v) is 5.77. The molecule has 1 heterocycles. The number of rotatable bonds is 1. The fourth-order valence-corrected chi connectivity index (χ4v) is 3.95. The van der Waals surface area contributed by atoms with E-state index in [0.717, 1.165) is 0 Å². The fraction of sp³-hybridized carbons (Fsp3) is 0.375. The monoisotopic (exact) mass is 242 g/mol. The summed E-state index contributed by atoms with van der Waals surface area (Å²) in [7, 11) is 0. The molecule has 1 atom stereocenters. The minimum Gasteiger partial charge on any atom is -0.119 e. The van der Waals surface area contributed by atoms with Crippen LogP contribution in [0.25, 0.3) is 10.8 Å². The Bertz CT molecular complexity index is 571. The number of fused-ring (bicyclic) bond motifs is 3. The fourth-order valence-electron chi connectivity index (χ4n) is 2.55. The van der Waals surface area contributed by atoms with Gasteiger partial charge in [0.2, 0.25) is 0 Å². The number of hydrogen-bond acceptors (Lipinski definition) is 1. The van der Waals surface area contributed by atoms with Crippen molar-refractivity contribution >= 4 is 22.5 Å². The van der Waals surface area contributed by atoms with E-state index in [9.17, 15) is 0 Å². The van der Waals surface area contributed by atoms with Gasteiger partial charge in [0.15, 0.2) is 0 Å². The van der Waals surface area contributed by atoms with Gasteiger partial charge in [0.25, 0.3) is 0 Å². The standard InChI is InChI=1S/C16H18S/c1-11(2)16(3)10-14-13-7-5-4-6-12(13)8-9-15(14)17-16/h4-9,11H,10H2,1-3H3. The second-order valence-corrected chi connectivity index (χ2v) is 7.09. The molecule has 2 aromatic rings. The van der Waals surface area contributed by atoms with E-state index in [1.165, 1.54) is 22.1 Å². The van der Waals surface area contributed by atoms with Crippen molar-refractivity contribution in [3.8, 4) is 0 Å². The molecule has 1 heteroatoms. The van der Waals surface area contributed by atoms with Crippen LogP contribution in [-0.4, -0.2) is 4.75 Å². The Morgan fingerprint density at radius 3 is 2.65 bits per heavy atom. The van der Waals surface area contributed by atoms with Crippen LogP contribution in [0.4, 0.5) is 0 Å². The molecule has 0 bridgehead atoms. The van der Waals surface area contributed by atoms with Crippen LogP contribution in [-0.2, 0) is 6.42 Å². The van der Waals surface area contributed by atoms with E-state index in [4.69, 9.17) is 0 Å². The summed E-state index contributed by atoms with van der Waals surface area (Å²) in [5, 5.41) is 2.82. The zero-order chi connectivity index (χ0) is 12.0. The molecule has 0 nitrogen and oxygen atoms in total. The minimum absolute atomic E-state index is 0.368. The van der Waals surface area contributed by atoms with Gasteiger partial charge in [-0.1, -0.05) is 44.2 Å². The Labute approximate surface area is 107 Å². The third-order valence-electron chi connectivity index (χ3n) is 4.09. The molecular formula is C16H18S. The first-order valence-electron chi connectivity index (χ1n) is 6.30. The van der Waals surface area contributed by atoms with Gasteiger partial charge in [-0.05, 0) is 41.7 Å². The maximum absolute atomic E-state index is 2.40. The highest BCUT2D eigenvalue weighted by Gasteiger charge is 2.37. The molecule has 0 spiro atoms. The molecule has 0 aromatic heterocycles. The Morgan fingerprint density at radius 1 is 1.12 bits per heavy atom. The molecule has 2 aromatic carbocycles. The average Bonchev–Trinajstić information content (AvgIpc) is 2.67. The Hall–Kier alpha value is -0.950. The highest BCUT2D eigenvalue weighted by atomic mass is 32.2.